The van der Waals surface area contributed by atoms with E-state index >= 15 is 0 Å². The molecule has 150 valence electrons. The largest absolute Gasteiger partial charge is 0.482 e. The summed E-state index contributed by atoms with van der Waals surface area (Å²) in [6.07, 6.45) is 3.45. The van der Waals surface area contributed by atoms with Crippen LogP contribution in [0, 0.1) is 0 Å². The number of pyridine rings is 1. The van der Waals surface area contributed by atoms with Gasteiger partial charge in [0.15, 0.2) is 6.61 Å². The molecule has 5 nitrogen and oxygen atoms in total. The van der Waals surface area contributed by atoms with E-state index < -0.39 is 0 Å². The number of carbonyl (C=O) groups is 1. The maximum atomic E-state index is 12.2. The molecule has 30 heavy (non-hydrogen) atoms. The highest BCUT2D eigenvalue weighted by Crippen LogP contribution is 2.30. The van der Waals surface area contributed by atoms with Crippen LogP contribution in [0.3, 0.4) is 0 Å². The minimum absolute atomic E-state index is 0.118. The van der Waals surface area contributed by atoms with Crippen molar-refractivity contribution < 1.29 is 9.53 Å². The molecule has 0 unspecified atom stereocenters. The molecular weight excluding hydrogens is 418 g/mol. The lowest BCUT2D eigenvalue weighted by Crippen LogP contribution is -2.28. The van der Waals surface area contributed by atoms with Crippen molar-refractivity contribution in [3.63, 3.8) is 0 Å². The van der Waals surface area contributed by atoms with Crippen LogP contribution in [0.1, 0.15) is 5.01 Å². The van der Waals surface area contributed by atoms with E-state index in [2.05, 4.69) is 15.3 Å². The van der Waals surface area contributed by atoms with Gasteiger partial charge in [-0.15, -0.1) is 11.3 Å². The van der Waals surface area contributed by atoms with Crippen molar-refractivity contribution in [3.8, 4) is 28.1 Å². The van der Waals surface area contributed by atoms with Gasteiger partial charge in [-0.05, 0) is 35.4 Å². The van der Waals surface area contributed by atoms with Gasteiger partial charge in [-0.1, -0.05) is 48.0 Å². The number of hydrogen-bond acceptors (Lipinski definition) is 5. The van der Waals surface area contributed by atoms with Crippen molar-refractivity contribution in [1.82, 2.24) is 15.3 Å². The van der Waals surface area contributed by atoms with Crippen LogP contribution in [0.4, 0.5) is 0 Å². The van der Waals surface area contributed by atoms with E-state index in [0.29, 0.717) is 17.3 Å². The summed E-state index contributed by atoms with van der Waals surface area (Å²) < 4.78 is 5.58. The molecule has 0 saturated carbocycles. The third-order valence-electron chi connectivity index (χ3n) is 4.36. The van der Waals surface area contributed by atoms with E-state index in [1.165, 1.54) is 11.3 Å². The summed E-state index contributed by atoms with van der Waals surface area (Å²) in [5.41, 5.74) is 3.92. The molecule has 0 fully saturated rings. The molecule has 2 heterocycles. The predicted octanol–water partition coefficient (Wildman–Crippen LogP) is 5.22. The van der Waals surface area contributed by atoms with E-state index in [1.807, 2.05) is 60.0 Å². The zero-order valence-corrected chi connectivity index (χ0v) is 17.5. The molecule has 1 amide bonds. The second kappa shape index (κ2) is 9.52. The lowest BCUT2D eigenvalue weighted by atomic mass is 10.1. The number of benzene rings is 2. The number of halogens is 1. The average Bonchev–Trinajstić information content (AvgIpc) is 3.27. The van der Waals surface area contributed by atoms with Gasteiger partial charge in [0.25, 0.3) is 5.91 Å². The fraction of sp³-hybridized carbons (Fsp3) is 0.0870. The Morgan fingerprint density at radius 1 is 1.00 bits per heavy atom. The van der Waals surface area contributed by atoms with Gasteiger partial charge in [0, 0.05) is 23.3 Å². The molecular formula is C23H18ClN3O2S. The fourth-order valence-corrected chi connectivity index (χ4v) is 3.82. The summed E-state index contributed by atoms with van der Waals surface area (Å²) in [4.78, 5) is 20.7. The quantitative estimate of drug-likeness (QED) is 0.432. The number of nitrogens with zero attached hydrogens (tertiary/aromatic N) is 2. The van der Waals surface area contributed by atoms with Crippen molar-refractivity contribution in [3.05, 3.63) is 88.5 Å². The first-order valence-electron chi connectivity index (χ1n) is 9.28. The summed E-state index contributed by atoms with van der Waals surface area (Å²) in [5.74, 6) is 0.236. The van der Waals surface area contributed by atoms with Crippen LogP contribution in [0.15, 0.2) is 78.4 Å². The number of aromatic nitrogens is 2. The Bertz CT molecular complexity index is 1130. The first kappa shape index (κ1) is 20.1. The van der Waals surface area contributed by atoms with Crippen molar-refractivity contribution >= 4 is 28.8 Å². The molecule has 0 bridgehead atoms. The molecule has 0 radical (unpaired) electrons. The highest BCUT2D eigenvalue weighted by molar-refractivity contribution is 7.09. The number of hydrogen-bond donors (Lipinski definition) is 1. The first-order valence-corrected chi connectivity index (χ1v) is 10.5. The molecule has 0 spiro atoms. The lowest BCUT2D eigenvalue weighted by Gasteiger charge is -2.10. The number of ether oxygens (including phenoxy) is 1. The second-order valence-electron chi connectivity index (χ2n) is 6.44. The Morgan fingerprint density at radius 3 is 2.57 bits per heavy atom. The van der Waals surface area contributed by atoms with Gasteiger partial charge in [0.05, 0.1) is 17.3 Å². The summed E-state index contributed by atoms with van der Waals surface area (Å²) in [7, 11) is 0. The average molecular weight is 436 g/mol. The number of carbonyl (C=O) groups excluding carboxylic acids is 1. The van der Waals surface area contributed by atoms with E-state index in [4.69, 9.17) is 16.3 Å². The number of thiazole rings is 1. The van der Waals surface area contributed by atoms with Gasteiger partial charge in [0.2, 0.25) is 0 Å². The van der Waals surface area contributed by atoms with Crippen molar-refractivity contribution in [2.75, 3.05) is 6.61 Å². The van der Waals surface area contributed by atoms with Gasteiger partial charge >= 0.3 is 0 Å². The summed E-state index contributed by atoms with van der Waals surface area (Å²) in [5, 5.41) is 6.06. The number of amides is 1. The Morgan fingerprint density at radius 2 is 1.80 bits per heavy atom. The Balaban J connectivity index is 1.29. The number of rotatable bonds is 7. The third-order valence-corrected chi connectivity index (χ3v) is 5.51. The molecule has 0 atom stereocenters. The molecule has 0 aliphatic rings. The molecule has 0 aliphatic carbocycles. The van der Waals surface area contributed by atoms with Crippen LogP contribution in [-0.2, 0) is 11.3 Å². The van der Waals surface area contributed by atoms with Crippen LogP contribution in [-0.4, -0.2) is 22.5 Å². The first-order chi connectivity index (χ1) is 14.7. The smallest absolute Gasteiger partial charge is 0.258 e. The van der Waals surface area contributed by atoms with E-state index in [-0.39, 0.29) is 12.5 Å². The molecule has 2 aromatic heterocycles. The minimum Gasteiger partial charge on any atom is -0.482 e. The Labute approximate surface area is 183 Å². The van der Waals surface area contributed by atoms with Crippen molar-refractivity contribution in [2.24, 2.45) is 0 Å². The topological polar surface area (TPSA) is 64.1 Å². The van der Waals surface area contributed by atoms with Gasteiger partial charge in [0.1, 0.15) is 10.8 Å². The van der Waals surface area contributed by atoms with Crippen LogP contribution < -0.4 is 10.1 Å². The standard InChI is InChI=1S/C23H18ClN3O2S/c24-19-12-18(16-4-2-1-3-5-16)6-7-21(19)29-14-22(28)26-13-23-27-20(15-30-23)17-8-10-25-11-9-17/h1-12,15H,13-14H2,(H,26,28). The maximum Gasteiger partial charge on any atom is 0.258 e. The summed E-state index contributed by atoms with van der Waals surface area (Å²) >= 11 is 7.82. The van der Waals surface area contributed by atoms with Crippen LogP contribution >= 0.6 is 22.9 Å². The Kier molecular flexibility index (Phi) is 6.37. The molecule has 0 aliphatic heterocycles. The van der Waals surface area contributed by atoms with Crippen LogP contribution in [0.25, 0.3) is 22.4 Å². The van der Waals surface area contributed by atoms with Crippen LogP contribution in [0.5, 0.6) is 5.75 Å². The van der Waals surface area contributed by atoms with Gasteiger partial charge in [-0.3, -0.25) is 9.78 Å². The van der Waals surface area contributed by atoms with Crippen molar-refractivity contribution in [2.45, 2.75) is 6.54 Å². The normalized spacial score (nSPS) is 10.6. The fourth-order valence-electron chi connectivity index (χ4n) is 2.84. The van der Waals surface area contributed by atoms with E-state index in [9.17, 15) is 4.79 Å². The Hall–Kier alpha value is -3.22. The SMILES string of the molecule is O=C(COc1ccc(-c2ccccc2)cc1Cl)NCc1nc(-c2ccncc2)cs1. The highest BCUT2D eigenvalue weighted by atomic mass is 35.5. The third kappa shape index (κ3) is 5.03. The lowest BCUT2D eigenvalue weighted by molar-refractivity contribution is -0.123. The predicted molar refractivity (Wildman–Crippen MR) is 120 cm³/mol. The van der Waals surface area contributed by atoms with Crippen molar-refractivity contribution in [1.29, 1.82) is 0 Å². The maximum absolute atomic E-state index is 12.2. The minimum atomic E-state index is -0.237. The van der Waals surface area contributed by atoms with Crippen LogP contribution in [0.2, 0.25) is 5.02 Å². The summed E-state index contributed by atoms with van der Waals surface area (Å²) in [6, 6.07) is 19.3. The molecule has 4 aromatic rings. The van der Waals surface area contributed by atoms with E-state index in [1.54, 1.807) is 18.5 Å². The highest BCUT2D eigenvalue weighted by Gasteiger charge is 2.09. The van der Waals surface area contributed by atoms with E-state index in [0.717, 1.165) is 27.4 Å². The zero-order valence-electron chi connectivity index (χ0n) is 15.9. The van der Waals surface area contributed by atoms with Gasteiger partial charge < -0.3 is 10.1 Å². The molecule has 1 N–H and O–H groups in total. The summed E-state index contributed by atoms with van der Waals surface area (Å²) in [6.45, 7) is 0.228. The second-order valence-corrected chi connectivity index (χ2v) is 7.79. The number of nitrogens with one attached hydrogen (secondary N) is 1. The van der Waals surface area contributed by atoms with Gasteiger partial charge in [-0.25, -0.2) is 4.98 Å². The molecule has 4 rings (SSSR count). The zero-order chi connectivity index (χ0) is 20.8. The monoisotopic (exact) mass is 435 g/mol. The molecule has 7 heteroatoms. The molecule has 0 saturated heterocycles. The molecule has 2 aromatic carbocycles. The van der Waals surface area contributed by atoms with Gasteiger partial charge in [-0.2, -0.15) is 0 Å².